The van der Waals surface area contributed by atoms with E-state index in [1.807, 2.05) is 10.9 Å². The first-order valence-corrected chi connectivity index (χ1v) is 9.76. The lowest BCUT2D eigenvalue weighted by atomic mass is 9.98. The molecule has 2 atom stereocenters. The van der Waals surface area contributed by atoms with E-state index in [1.165, 1.54) is 48.2 Å². The van der Waals surface area contributed by atoms with Crippen molar-refractivity contribution in [1.82, 2.24) is 24.6 Å². The molecule has 2 bridgehead atoms. The Hall–Kier alpha value is -2.21. The van der Waals surface area contributed by atoms with Gasteiger partial charge >= 0.3 is 0 Å². The molecule has 2 saturated heterocycles. The van der Waals surface area contributed by atoms with Crippen LogP contribution in [0.1, 0.15) is 54.2 Å². The van der Waals surface area contributed by atoms with Crippen molar-refractivity contribution in [2.75, 3.05) is 18.0 Å². The molecule has 3 aliphatic rings. The molecule has 2 aromatic heterocycles. The van der Waals surface area contributed by atoms with Crippen LogP contribution in [-0.4, -0.2) is 43.8 Å². The van der Waals surface area contributed by atoms with Crippen LogP contribution in [0.15, 0.2) is 19.0 Å². The van der Waals surface area contributed by atoms with Gasteiger partial charge in [-0.1, -0.05) is 6.58 Å². The Labute approximate surface area is 154 Å². The zero-order valence-corrected chi connectivity index (χ0v) is 15.4. The molecule has 0 N–H and O–H groups in total. The molecule has 0 saturated carbocycles. The minimum absolute atomic E-state index is 0.447. The number of anilines is 1. The number of nitrogens with zero attached hydrogens (tertiary/aromatic N) is 6. The van der Waals surface area contributed by atoms with Crippen molar-refractivity contribution in [3.8, 4) is 0 Å². The zero-order chi connectivity index (χ0) is 17.7. The summed E-state index contributed by atoms with van der Waals surface area (Å²) in [5.74, 6) is 0.942. The molecule has 6 nitrogen and oxygen atoms in total. The van der Waals surface area contributed by atoms with E-state index >= 15 is 0 Å². The summed E-state index contributed by atoms with van der Waals surface area (Å²) < 4.78 is 1.86. The van der Waals surface area contributed by atoms with Gasteiger partial charge in [0, 0.05) is 67.4 Å². The normalized spacial score (nSPS) is 24.9. The third kappa shape index (κ3) is 2.47. The Balaban J connectivity index is 1.42. The molecule has 2 fully saturated rings. The summed E-state index contributed by atoms with van der Waals surface area (Å²) in [6.07, 6.45) is 11.9. The van der Waals surface area contributed by atoms with E-state index in [9.17, 15) is 0 Å². The summed E-state index contributed by atoms with van der Waals surface area (Å²) in [6, 6.07) is 1.03. The fourth-order valence-electron chi connectivity index (χ4n) is 4.87. The highest BCUT2D eigenvalue weighted by atomic mass is 15.3. The molecule has 0 spiro atoms. The van der Waals surface area contributed by atoms with E-state index in [0.717, 1.165) is 32.0 Å². The summed E-state index contributed by atoms with van der Waals surface area (Å²) in [4.78, 5) is 14.7. The molecule has 2 aromatic rings. The molecule has 5 rings (SSSR count). The molecule has 0 radical (unpaired) electrons. The van der Waals surface area contributed by atoms with Gasteiger partial charge in [0.1, 0.15) is 0 Å². The minimum atomic E-state index is 0.447. The quantitative estimate of drug-likeness (QED) is 0.848. The van der Waals surface area contributed by atoms with Crippen LogP contribution in [0, 0.1) is 6.92 Å². The molecule has 0 unspecified atom stereocenters. The second-order valence-electron chi connectivity index (χ2n) is 7.77. The highest BCUT2D eigenvalue weighted by Gasteiger charge is 2.41. The Kier molecular flexibility index (Phi) is 3.81. The number of hydrogen-bond acceptors (Lipinski definition) is 5. The molecule has 6 heteroatoms. The van der Waals surface area contributed by atoms with E-state index < -0.39 is 0 Å². The molecule has 0 amide bonds. The lowest BCUT2D eigenvalue weighted by Gasteiger charge is -2.35. The lowest BCUT2D eigenvalue weighted by molar-refractivity contribution is 0.166. The summed E-state index contributed by atoms with van der Waals surface area (Å²) in [5.41, 5.74) is 5.10. The molecule has 3 aliphatic heterocycles. The standard InChI is InChI=1S/C20H26N6/c1-3-26-14(2)15(11-22-26)13-25-16-6-7-19(25)17-12-21-20(23-18(17)10-16)24-8-4-5-9-24/h3,11-12,16,19H,1,4-10,13H2,2H3/t16-,19-/m1/s1. The molecular weight excluding hydrogens is 324 g/mol. The Morgan fingerprint density at radius 3 is 2.85 bits per heavy atom. The van der Waals surface area contributed by atoms with Crippen molar-refractivity contribution in [2.24, 2.45) is 0 Å². The summed E-state index contributed by atoms with van der Waals surface area (Å²) in [5, 5.41) is 4.41. The predicted octanol–water partition coefficient (Wildman–Crippen LogP) is 2.94. The summed E-state index contributed by atoms with van der Waals surface area (Å²) >= 11 is 0. The van der Waals surface area contributed by atoms with Crippen LogP contribution in [0.3, 0.4) is 0 Å². The fraction of sp³-hybridized carbons (Fsp3) is 0.550. The topological polar surface area (TPSA) is 50.1 Å². The maximum atomic E-state index is 4.97. The number of fused-ring (bicyclic) bond motifs is 4. The van der Waals surface area contributed by atoms with Gasteiger partial charge in [-0.05, 0) is 32.6 Å². The molecule has 26 heavy (non-hydrogen) atoms. The first-order valence-electron chi connectivity index (χ1n) is 9.76. The fourth-order valence-corrected chi connectivity index (χ4v) is 4.87. The van der Waals surface area contributed by atoms with Gasteiger partial charge in [-0.15, -0.1) is 0 Å². The van der Waals surface area contributed by atoms with Gasteiger partial charge in [-0.25, -0.2) is 14.6 Å². The average molecular weight is 350 g/mol. The second kappa shape index (κ2) is 6.20. The van der Waals surface area contributed by atoms with Gasteiger partial charge in [0.05, 0.1) is 11.9 Å². The Morgan fingerprint density at radius 2 is 2.08 bits per heavy atom. The Morgan fingerprint density at radius 1 is 1.23 bits per heavy atom. The second-order valence-corrected chi connectivity index (χ2v) is 7.77. The third-order valence-electron chi connectivity index (χ3n) is 6.38. The van der Waals surface area contributed by atoms with E-state index in [-0.39, 0.29) is 0 Å². The van der Waals surface area contributed by atoms with Gasteiger partial charge in [-0.2, -0.15) is 5.10 Å². The van der Waals surface area contributed by atoms with Crippen LogP contribution in [0.4, 0.5) is 5.95 Å². The van der Waals surface area contributed by atoms with Gasteiger partial charge in [0.15, 0.2) is 0 Å². The molecule has 5 heterocycles. The van der Waals surface area contributed by atoms with Crippen molar-refractivity contribution in [3.05, 3.63) is 41.5 Å². The number of hydrogen-bond donors (Lipinski definition) is 0. The first-order chi connectivity index (χ1) is 12.7. The largest absolute Gasteiger partial charge is 0.341 e. The summed E-state index contributed by atoms with van der Waals surface area (Å²) in [6.45, 7) is 9.10. The SMILES string of the molecule is C=Cn1ncc(CN2[C@@H]3CC[C@@H]2c2cnc(N4CCCC4)nc2C3)c1C. The molecule has 0 aliphatic carbocycles. The summed E-state index contributed by atoms with van der Waals surface area (Å²) in [7, 11) is 0. The first kappa shape index (κ1) is 16.0. The smallest absolute Gasteiger partial charge is 0.225 e. The van der Waals surface area contributed by atoms with E-state index in [0.29, 0.717) is 12.1 Å². The van der Waals surface area contributed by atoms with Crippen molar-refractivity contribution in [2.45, 2.75) is 57.7 Å². The van der Waals surface area contributed by atoms with Crippen LogP contribution < -0.4 is 4.90 Å². The van der Waals surface area contributed by atoms with Gasteiger partial charge in [-0.3, -0.25) is 4.90 Å². The van der Waals surface area contributed by atoms with E-state index in [4.69, 9.17) is 9.97 Å². The predicted molar refractivity (Wildman–Crippen MR) is 102 cm³/mol. The number of rotatable bonds is 4. The van der Waals surface area contributed by atoms with Crippen LogP contribution in [0.5, 0.6) is 0 Å². The van der Waals surface area contributed by atoms with Crippen molar-refractivity contribution in [3.63, 3.8) is 0 Å². The minimum Gasteiger partial charge on any atom is -0.341 e. The van der Waals surface area contributed by atoms with Gasteiger partial charge in [0.25, 0.3) is 0 Å². The van der Waals surface area contributed by atoms with Gasteiger partial charge < -0.3 is 4.90 Å². The van der Waals surface area contributed by atoms with Crippen molar-refractivity contribution in [1.29, 1.82) is 0 Å². The zero-order valence-electron chi connectivity index (χ0n) is 15.4. The lowest BCUT2D eigenvalue weighted by Crippen LogP contribution is -2.38. The maximum absolute atomic E-state index is 4.97. The van der Waals surface area contributed by atoms with Gasteiger partial charge in [0.2, 0.25) is 5.95 Å². The average Bonchev–Trinajstić information content (AvgIpc) is 3.36. The van der Waals surface area contributed by atoms with Crippen LogP contribution in [0.2, 0.25) is 0 Å². The molecule has 136 valence electrons. The van der Waals surface area contributed by atoms with Crippen LogP contribution >= 0.6 is 0 Å². The van der Waals surface area contributed by atoms with Crippen LogP contribution in [0.25, 0.3) is 6.20 Å². The Bertz CT molecular complexity index is 835. The highest BCUT2D eigenvalue weighted by Crippen LogP contribution is 2.44. The monoisotopic (exact) mass is 350 g/mol. The number of aromatic nitrogens is 4. The van der Waals surface area contributed by atoms with E-state index in [1.54, 1.807) is 6.20 Å². The van der Waals surface area contributed by atoms with Crippen LogP contribution in [-0.2, 0) is 13.0 Å². The van der Waals surface area contributed by atoms with Crippen molar-refractivity contribution < 1.29 is 0 Å². The maximum Gasteiger partial charge on any atom is 0.225 e. The van der Waals surface area contributed by atoms with Crippen molar-refractivity contribution >= 4 is 12.1 Å². The van der Waals surface area contributed by atoms with E-state index in [2.05, 4.69) is 34.6 Å². The highest BCUT2D eigenvalue weighted by molar-refractivity contribution is 5.38. The molecule has 0 aromatic carbocycles. The third-order valence-corrected chi connectivity index (χ3v) is 6.38. The molecular formula is C20H26N6.